The van der Waals surface area contributed by atoms with Crippen molar-refractivity contribution in [3.05, 3.63) is 17.0 Å². The third-order valence-electron chi connectivity index (χ3n) is 2.78. The number of nitrogens with zero attached hydrogens (tertiary/aromatic N) is 5. The SMILES string of the molecule is CCNCCn1nnnc1SCc1c(C)noc1C. The quantitative estimate of drug-likeness (QED) is 0.603. The van der Waals surface area contributed by atoms with Gasteiger partial charge in [-0.3, -0.25) is 0 Å². The molecule has 0 atom stereocenters. The van der Waals surface area contributed by atoms with Crippen molar-refractivity contribution in [3.8, 4) is 0 Å². The largest absolute Gasteiger partial charge is 0.361 e. The number of thioether (sulfide) groups is 1. The topological polar surface area (TPSA) is 81.7 Å². The summed E-state index contributed by atoms with van der Waals surface area (Å²) in [7, 11) is 0. The van der Waals surface area contributed by atoms with Crippen LogP contribution in [0.5, 0.6) is 0 Å². The van der Waals surface area contributed by atoms with Crippen molar-refractivity contribution in [1.29, 1.82) is 0 Å². The number of hydrogen-bond donors (Lipinski definition) is 1. The summed E-state index contributed by atoms with van der Waals surface area (Å²) in [5.74, 6) is 1.62. The van der Waals surface area contributed by atoms with Crippen LogP contribution in [-0.2, 0) is 12.3 Å². The second-order valence-electron chi connectivity index (χ2n) is 4.13. The Morgan fingerprint density at radius 2 is 2.21 bits per heavy atom. The van der Waals surface area contributed by atoms with E-state index in [2.05, 4.69) is 32.9 Å². The van der Waals surface area contributed by atoms with Gasteiger partial charge in [-0.1, -0.05) is 23.8 Å². The lowest BCUT2D eigenvalue weighted by Crippen LogP contribution is -2.20. The van der Waals surface area contributed by atoms with Gasteiger partial charge in [0.05, 0.1) is 12.2 Å². The Morgan fingerprint density at radius 1 is 1.37 bits per heavy atom. The van der Waals surface area contributed by atoms with Crippen molar-refractivity contribution in [2.75, 3.05) is 13.1 Å². The molecule has 7 nitrogen and oxygen atoms in total. The molecule has 2 aromatic heterocycles. The van der Waals surface area contributed by atoms with E-state index in [4.69, 9.17) is 4.52 Å². The van der Waals surface area contributed by atoms with E-state index >= 15 is 0 Å². The molecule has 1 N–H and O–H groups in total. The van der Waals surface area contributed by atoms with Crippen LogP contribution in [0.1, 0.15) is 23.9 Å². The molecule has 8 heteroatoms. The number of likely N-dealkylation sites (N-methyl/N-ethyl adjacent to an activating group) is 1. The Morgan fingerprint density at radius 3 is 2.89 bits per heavy atom. The van der Waals surface area contributed by atoms with Gasteiger partial charge in [0.1, 0.15) is 5.76 Å². The van der Waals surface area contributed by atoms with Crippen molar-refractivity contribution >= 4 is 11.8 Å². The maximum Gasteiger partial charge on any atom is 0.209 e. The van der Waals surface area contributed by atoms with E-state index in [0.29, 0.717) is 0 Å². The first-order valence-corrected chi connectivity index (χ1v) is 7.22. The predicted octanol–water partition coefficient (Wildman–Crippen LogP) is 1.18. The lowest BCUT2D eigenvalue weighted by molar-refractivity contribution is 0.392. The van der Waals surface area contributed by atoms with Crippen LogP contribution in [0.4, 0.5) is 0 Å². The Labute approximate surface area is 116 Å². The summed E-state index contributed by atoms with van der Waals surface area (Å²) in [6.45, 7) is 8.52. The van der Waals surface area contributed by atoms with Gasteiger partial charge < -0.3 is 9.84 Å². The maximum absolute atomic E-state index is 5.14. The van der Waals surface area contributed by atoms with E-state index in [1.165, 1.54) is 0 Å². The summed E-state index contributed by atoms with van der Waals surface area (Å²) < 4.78 is 6.95. The minimum Gasteiger partial charge on any atom is -0.361 e. The normalized spacial score (nSPS) is 11.1. The molecule has 0 unspecified atom stereocenters. The maximum atomic E-state index is 5.14. The molecule has 0 saturated carbocycles. The van der Waals surface area contributed by atoms with Gasteiger partial charge in [-0.05, 0) is 30.8 Å². The molecular formula is C11H18N6OS. The average molecular weight is 282 g/mol. The Balaban J connectivity index is 1.94. The highest BCUT2D eigenvalue weighted by Gasteiger charge is 2.12. The summed E-state index contributed by atoms with van der Waals surface area (Å²) in [5.41, 5.74) is 2.04. The fourth-order valence-corrected chi connectivity index (χ4v) is 2.70. The van der Waals surface area contributed by atoms with Gasteiger partial charge in [-0.25, -0.2) is 4.68 Å². The van der Waals surface area contributed by atoms with Gasteiger partial charge in [-0.2, -0.15) is 0 Å². The van der Waals surface area contributed by atoms with Crippen LogP contribution in [0.2, 0.25) is 0 Å². The zero-order chi connectivity index (χ0) is 13.7. The van der Waals surface area contributed by atoms with E-state index in [1.54, 1.807) is 11.8 Å². The highest BCUT2D eigenvalue weighted by atomic mass is 32.2. The van der Waals surface area contributed by atoms with Crippen LogP contribution in [-0.4, -0.2) is 38.5 Å². The Kier molecular flexibility index (Phi) is 4.92. The molecule has 0 aromatic carbocycles. The summed E-state index contributed by atoms with van der Waals surface area (Å²) >= 11 is 1.60. The first-order valence-electron chi connectivity index (χ1n) is 6.23. The molecule has 0 aliphatic carbocycles. The van der Waals surface area contributed by atoms with E-state index < -0.39 is 0 Å². The molecule has 104 valence electrons. The average Bonchev–Trinajstić information content (AvgIpc) is 2.96. The first-order chi connectivity index (χ1) is 9.22. The molecule has 0 bridgehead atoms. The summed E-state index contributed by atoms with van der Waals surface area (Å²) in [5, 5.41) is 19.8. The molecule has 0 radical (unpaired) electrons. The fraction of sp³-hybridized carbons (Fsp3) is 0.636. The third-order valence-corrected chi connectivity index (χ3v) is 3.76. The number of nitrogens with one attached hydrogen (secondary N) is 1. The standard InChI is InChI=1S/C11H18N6OS/c1-4-12-5-6-17-11(13-15-16-17)19-7-10-8(2)14-18-9(10)3/h12H,4-7H2,1-3H3. The number of rotatable bonds is 7. The van der Waals surface area contributed by atoms with Gasteiger partial charge >= 0.3 is 0 Å². The molecule has 2 heterocycles. The monoisotopic (exact) mass is 282 g/mol. The summed E-state index contributed by atoms with van der Waals surface area (Å²) in [4.78, 5) is 0. The minimum atomic E-state index is 0.767. The molecule has 19 heavy (non-hydrogen) atoms. The lowest BCUT2D eigenvalue weighted by Gasteiger charge is -2.04. The molecule has 0 amide bonds. The summed E-state index contributed by atoms with van der Waals surface area (Å²) in [6, 6.07) is 0. The van der Waals surface area contributed by atoms with Gasteiger partial charge in [-0.15, -0.1) is 5.10 Å². The second kappa shape index (κ2) is 6.67. The van der Waals surface area contributed by atoms with E-state index in [1.807, 2.05) is 18.5 Å². The van der Waals surface area contributed by atoms with Gasteiger partial charge in [0, 0.05) is 17.9 Å². The molecule has 2 rings (SSSR count). The predicted molar refractivity (Wildman–Crippen MR) is 71.9 cm³/mol. The molecular weight excluding hydrogens is 264 g/mol. The van der Waals surface area contributed by atoms with Gasteiger partial charge in [0.2, 0.25) is 5.16 Å². The molecule has 0 aliphatic heterocycles. The van der Waals surface area contributed by atoms with Crippen molar-refractivity contribution in [1.82, 2.24) is 30.7 Å². The molecule has 2 aromatic rings. The molecule has 0 aliphatic rings. The van der Waals surface area contributed by atoms with E-state index in [-0.39, 0.29) is 0 Å². The van der Waals surface area contributed by atoms with E-state index in [9.17, 15) is 0 Å². The number of aromatic nitrogens is 5. The van der Waals surface area contributed by atoms with Gasteiger partial charge in [0.25, 0.3) is 0 Å². The Bertz CT molecular complexity index is 503. The van der Waals surface area contributed by atoms with Crippen LogP contribution in [0, 0.1) is 13.8 Å². The highest BCUT2D eigenvalue weighted by Crippen LogP contribution is 2.23. The lowest BCUT2D eigenvalue weighted by atomic mass is 10.2. The van der Waals surface area contributed by atoms with Crippen molar-refractivity contribution in [2.45, 2.75) is 38.2 Å². The van der Waals surface area contributed by atoms with Crippen molar-refractivity contribution in [2.24, 2.45) is 0 Å². The van der Waals surface area contributed by atoms with Crippen molar-refractivity contribution < 1.29 is 4.52 Å². The van der Waals surface area contributed by atoms with Crippen LogP contribution < -0.4 is 5.32 Å². The Hall–Kier alpha value is -1.41. The van der Waals surface area contributed by atoms with Crippen LogP contribution in [0.15, 0.2) is 9.68 Å². The number of hydrogen-bond acceptors (Lipinski definition) is 7. The second-order valence-corrected chi connectivity index (χ2v) is 5.07. The van der Waals surface area contributed by atoms with Crippen LogP contribution in [0.3, 0.4) is 0 Å². The molecule has 0 fully saturated rings. The first kappa shape index (κ1) is 14.0. The van der Waals surface area contributed by atoms with Gasteiger partial charge in [0.15, 0.2) is 0 Å². The van der Waals surface area contributed by atoms with Crippen LogP contribution in [0.25, 0.3) is 0 Å². The van der Waals surface area contributed by atoms with Crippen LogP contribution >= 0.6 is 11.8 Å². The zero-order valence-electron chi connectivity index (χ0n) is 11.4. The minimum absolute atomic E-state index is 0.767. The summed E-state index contributed by atoms with van der Waals surface area (Å²) in [6.07, 6.45) is 0. The smallest absolute Gasteiger partial charge is 0.209 e. The fourth-order valence-electron chi connectivity index (χ4n) is 1.65. The third kappa shape index (κ3) is 3.54. The van der Waals surface area contributed by atoms with E-state index in [0.717, 1.165) is 47.6 Å². The molecule has 0 spiro atoms. The highest BCUT2D eigenvalue weighted by molar-refractivity contribution is 7.98. The zero-order valence-corrected chi connectivity index (χ0v) is 12.2. The van der Waals surface area contributed by atoms with Crippen molar-refractivity contribution in [3.63, 3.8) is 0 Å². The molecule has 0 saturated heterocycles. The number of tetrazole rings is 1. The number of aryl methyl sites for hydroxylation is 2.